The number of aliphatic imine (C=N–C) groups is 1. The molecule has 1 aromatic carbocycles. The molecule has 7 nitrogen and oxygen atoms in total. The van der Waals surface area contributed by atoms with Crippen LogP contribution < -0.4 is 10.6 Å². The average molecular weight is 541 g/mol. The zero-order valence-electron chi connectivity index (χ0n) is 16.2. The molecule has 156 valence electrons. The van der Waals surface area contributed by atoms with Crippen LogP contribution in [0.25, 0.3) is 0 Å². The van der Waals surface area contributed by atoms with Gasteiger partial charge in [0.1, 0.15) is 12.4 Å². The zero-order chi connectivity index (χ0) is 19.8. The lowest BCUT2D eigenvalue weighted by Crippen LogP contribution is -2.40. The van der Waals surface area contributed by atoms with Gasteiger partial charge in [-0.2, -0.15) is 0 Å². The standard InChI is InChI=1S/C18H26Cl2N6O.HI/c1-4-5-6-21-18(23-11-17-25-24-12(2)26(17)3)22-10-16(27)13-7-14(19)9-15(20)8-13;/h7-9,16,27H,4-6,10-11H2,1-3H3,(H2,21,22,23);1H. The molecule has 0 saturated heterocycles. The van der Waals surface area contributed by atoms with Gasteiger partial charge in [-0.15, -0.1) is 34.2 Å². The van der Waals surface area contributed by atoms with Crippen LogP contribution in [-0.4, -0.2) is 38.9 Å². The Morgan fingerprint density at radius 3 is 2.46 bits per heavy atom. The minimum atomic E-state index is -0.767. The summed E-state index contributed by atoms with van der Waals surface area (Å²) in [6.45, 7) is 5.47. The SMILES string of the molecule is CCCCNC(=NCc1nnc(C)n1C)NCC(O)c1cc(Cl)cc(Cl)c1.I. The van der Waals surface area contributed by atoms with Crippen molar-refractivity contribution in [3.05, 3.63) is 45.5 Å². The molecule has 0 spiro atoms. The summed E-state index contributed by atoms with van der Waals surface area (Å²) in [6.07, 6.45) is 1.33. The minimum Gasteiger partial charge on any atom is -0.387 e. The van der Waals surface area contributed by atoms with E-state index in [9.17, 15) is 5.11 Å². The van der Waals surface area contributed by atoms with E-state index in [4.69, 9.17) is 23.2 Å². The topological polar surface area (TPSA) is 87.4 Å². The maximum Gasteiger partial charge on any atom is 0.191 e. The molecule has 0 saturated carbocycles. The van der Waals surface area contributed by atoms with Crippen molar-refractivity contribution in [2.75, 3.05) is 13.1 Å². The quantitative estimate of drug-likeness (QED) is 0.206. The van der Waals surface area contributed by atoms with Crippen LogP contribution in [0.5, 0.6) is 0 Å². The second-order valence-corrected chi connectivity index (χ2v) is 7.14. The summed E-state index contributed by atoms with van der Waals surface area (Å²) >= 11 is 12.0. The van der Waals surface area contributed by atoms with Gasteiger partial charge in [0.2, 0.25) is 0 Å². The fourth-order valence-corrected chi connectivity index (χ4v) is 2.92. The third kappa shape index (κ3) is 7.73. The molecule has 0 bridgehead atoms. The van der Waals surface area contributed by atoms with Crippen molar-refractivity contribution >= 4 is 53.1 Å². The summed E-state index contributed by atoms with van der Waals surface area (Å²) in [6, 6.07) is 5.03. The van der Waals surface area contributed by atoms with Crippen LogP contribution >= 0.6 is 47.2 Å². The fourth-order valence-electron chi connectivity index (χ4n) is 2.38. The van der Waals surface area contributed by atoms with Crippen LogP contribution in [0.3, 0.4) is 0 Å². The first-order valence-corrected chi connectivity index (χ1v) is 9.67. The molecule has 2 aromatic rings. The molecule has 3 N–H and O–H groups in total. The van der Waals surface area contributed by atoms with Crippen LogP contribution in [0.2, 0.25) is 10.0 Å². The number of aryl methyl sites for hydroxylation is 1. The van der Waals surface area contributed by atoms with E-state index in [0.717, 1.165) is 31.0 Å². The van der Waals surface area contributed by atoms with E-state index in [0.29, 0.717) is 28.1 Å². The first-order valence-electron chi connectivity index (χ1n) is 8.91. The summed E-state index contributed by atoms with van der Waals surface area (Å²) in [5, 5.41) is 26.0. The lowest BCUT2D eigenvalue weighted by molar-refractivity contribution is 0.181. The summed E-state index contributed by atoms with van der Waals surface area (Å²) < 4.78 is 1.90. The smallest absolute Gasteiger partial charge is 0.191 e. The van der Waals surface area contributed by atoms with Crippen molar-refractivity contribution < 1.29 is 5.11 Å². The minimum absolute atomic E-state index is 0. The van der Waals surface area contributed by atoms with Gasteiger partial charge in [-0.1, -0.05) is 36.5 Å². The molecule has 1 atom stereocenters. The molecular formula is C18H27Cl2IN6O. The third-order valence-electron chi connectivity index (χ3n) is 4.12. The number of guanidine groups is 1. The zero-order valence-corrected chi connectivity index (χ0v) is 20.1. The molecule has 0 fully saturated rings. The maximum absolute atomic E-state index is 10.4. The molecule has 1 heterocycles. The number of benzene rings is 1. The van der Waals surface area contributed by atoms with E-state index in [1.165, 1.54) is 0 Å². The van der Waals surface area contributed by atoms with Gasteiger partial charge in [0.05, 0.1) is 6.10 Å². The highest BCUT2D eigenvalue weighted by atomic mass is 127. The Balaban J connectivity index is 0.00000392. The number of hydrogen-bond donors (Lipinski definition) is 3. The lowest BCUT2D eigenvalue weighted by Gasteiger charge is -2.16. The number of halogens is 3. The van der Waals surface area contributed by atoms with Gasteiger partial charge in [-0.3, -0.25) is 0 Å². The monoisotopic (exact) mass is 540 g/mol. The van der Waals surface area contributed by atoms with Crippen LogP contribution in [-0.2, 0) is 13.6 Å². The predicted octanol–water partition coefficient (Wildman–Crippen LogP) is 3.62. The van der Waals surface area contributed by atoms with Crippen LogP contribution in [0.4, 0.5) is 0 Å². The number of unbranched alkanes of at least 4 members (excludes halogenated alkanes) is 1. The first kappa shape index (κ1) is 24.9. The Kier molecular flexibility index (Phi) is 11.1. The summed E-state index contributed by atoms with van der Waals surface area (Å²) in [5.41, 5.74) is 0.650. The van der Waals surface area contributed by atoms with E-state index < -0.39 is 6.10 Å². The van der Waals surface area contributed by atoms with Crippen LogP contribution in [0.15, 0.2) is 23.2 Å². The van der Waals surface area contributed by atoms with Crippen molar-refractivity contribution in [2.24, 2.45) is 12.0 Å². The summed E-state index contributed by atoms with van der Waals surface area (Å²) in [5.74, 6) is 2.21. The molecule has 10 heteroatoms. The second kappa shape index (κ2) is 12.5. The Morgan fingerprint density at radius 1 is 1.21 bits per heavy atom. The van der Waals surface area contributed by atoms with Gasteiger partial charge >= 0.3 is 0 Å². The largest absolute Gasteiger partial charge is 0.387 e. The van der Waals surface area contributed by atoms with Gasteiger partial charge < -0.3 is 20.3 Å². The predicted molar refractivity (Wildman–Crippen MR) is 125 cm³/mol. The number of nitrogens with zero attached hydrogens (tertiary/aromatic N) is 4. The van der Waals surface area contributed by atoms with Gasteiger partial charge in [-0.05, 0) is 37.1 Å². The van der Waals surface area contributed by atoms with Crippen LogP contribution in [0, 0.1) is 6.92 Å². The number of nitrogens with one attached hydrogen (secondary N) is 2. The van der Waals surface area contributed by atoms with Gasteiger partial charge in [0, 0.05) is 30.2 Å². The molecule has 0 radical (unpaired) electrons. The van der Waals surface area contributed by atoms with E-state index >= 15 is 0 Å². The number of aromatic nitrogens is 3. The van der Waals surface area contributed by atoms with Gasteiger partial charge in [-0.25, -0.2) is 4.99 Å². The molecule has 28 heavy (non-hydrogen) atoms. The van der Waals surface area contributed by atoms with E-state index in [-0.39, 0.29) is 30.5 Å². The van der Waals surface area contributed by atoms with Crippen LogP contribution in [0.1, 0.15) is 43.1 Å². The van der Waals surface area contributed by atoms with Crippen molar-refractivity contribution in [3.63, 3.8) is 0 Å². The number of rotatable bonds is 8. The number of hydrogen-bond acceptors (Lipinski definition) is 4. The highest BCUT2D eigenvalue weighted by Gasteiger charge is 2.11. The van der Waals surface area contributed by atoms with E-state index in [1.54, 1.807) is 18.2 Å². The number of aliphatic hydroxyl groups excluding tert-OH is 1. The highest BCUT2D eigenvalue weighted by molar-refractivity contribution is 14.0. The average Bonchev–Trinajstić information content (AvgIpc) is 2.94. The van der Waals surface area contributed by atoms with Crippen molar-refractivity contribution in [3.8, 4) is 0 Å². The molecule has 1 aromatic heterocycles. The molecule has 0 amide bonds. The lowest BCUT2D eigenvalue weighted by atomic mass is 10.1. The highest BCUT2D eigenvalue weighted by Crippen LogP contribution is 2.23. The molecule has 0 aliphatic carbocycles. The van der Waals surface area contributed by atoms with Gasteiger partial charge in [0.15, 0.2) is 11.8 Å². The Hall–Kier alpha value is -1.10. The van der Waals surface area contributed by atoms with E-state index in [1.807, 2.05) is 18.5 Å². The maximum atomic E-state index is 10.4. The second-order valence-electron chi connectivity index (χ2n) is 6.27. The molecule has 2 rings (SSSR count). The number of aliphatic hydroxyl groups is 1. The molecule has 1 unspecified atom stereocenters. The summed E-state index contributed by atoms with van der Waals surface area (Å²) in [4.78, 5) is 4.55. The fraction of sp³-hybridized carbons (Fsp3) is 0.500. The third-order valence-corrected chi connectivity index (χ3v) is 4.55. The molecule has 0 aliphatic heterocycles. The van der Waals surface area contributed by atoms with Crippen molar-refractivity contribution in [1.29, 1.82) is 0 Å². The van der Waals surface area contributed by atoms with Crippen molar-refractivity contribution in [2.45, 2.75) is 39.3 Å². The van der Waals surface area contributed by atoms with Crippen molar-refractivity contribution in [1.82, 2.24) is 25.4 Å². The Labute approximate surface area is 193 Å². The molecule has 0 aliphatic rings. The normalized spacial score (nSPS) is 12.4. The first-order chi connectivity index (χ1) is 12.9. The molecular weight excluding hydrogens is 514 g/mol. The summed E-state index contributed by atoms with van der Waals surface area (Å²) in [7, 11) is 1.91. The Morgan fingerprint density at radius 2 is 1.89 bits per heavy atom. The van der Waals surface area contributed by atoms with E-state index in [2.05, 4.69) is 32.7 Å². The Bertz CT molecular complexity index is 763. The van der Waals surface area contributed by atoms with Gasteiger partial charge in [0.25, 0.3) is 0 Å².